The van der Waals surface area contributed by atoms with E-state index in [2.05, 4.69) is 92.2 Å². The summed E-state index contributed by atoms with van der Waals surface area (Å²) in [4.78, 5) is 2.15. The Balaban J connectivity index is 1.93. The number of anilines is 1. The molecular formula is C19H21N2S+. The third kappa shape index (κ3) is 2.77. The molecule has 3 aromatic rings. The van der Waals surface area contributed by atoms with Gasteiger partial charge in [0.05, 0.1) is 0 Å². The molecule has 0 saturated heterocycles. The fourth-order valence-electron chi connectivity index (χ4n) is 2.72. The Kier molecular flexibility index (Phi) is 3.99. The highest BCUT2D eigenvalue weighted by Gasteiger charge is 2.13. The van der Waals surface area contributed by atoms with Crippen molar-refractivity contribution in [1.82, 2.24) is 0 Å². The van der Waals surface area contributed by atoms with Gasteiger partial charge in [0.2, 0.25) is 5.52 Å². The van der Waals surface area contributed by atoms with E-state index >= 15 is 0 Å². The SMILES string of the molecule is Cc1cc(/C=C/c2sc3ccccc3[n+]2C)ccc1N(C)C. The minimum atomic E-state index is 1.24. The van der Waals surface area contributed by atoms with Gasteiger partial charge in [-0.05, 0) is 42.3 Å². The van der Waals surface area contributed by atoms with Gasteiger partial charge in [0.15, 0.2) is 0 Å². The van der Waals surface area contributed by atoms with Crippen LogP contribution in [0.1, 0.15) is 16.1 Å². The Labute approximate surface area is 136 Å². The number of para-hydroxylation sites is 1. The van der Waals surface area contributed by atoms with E-state index in [1.165, 1.54) is 32.0 Å². The van der Waals surface area contributed by atoms with E-state index in [1.807, 2.05) is 11.3 Å². The number of aromatic nitrogens is 1. The molecule has 0 aliphatic carbocycles. The van der Waals surface area contributed by atoms with Gasteiger partial charge >= 0.3 is 0 Å². The van der Waals surface area contributed by atoms with Crippen molar-refractivity contribution < 1.29 is 4.57 Å². The summed E-state index contributed by atoms with van der Waals surface area (Å²) in [5, 5.41) is 1.26. The molecule has 3 heteroatoms. The fourth-order valence-corrected chi connectivity index (χ4v) is 3.77. The number of fused-ring (bicyclic) bond motifs is 1. The predicted molar refractivity (Wildman–Crippen MR) is 97.4 cm³/mol. The van der Waals surface area contributed by atoms with Crippen LogP contribution < -0.4 is 9.47 Å². The van der Waals surface area contributed by atoms with Crippen LogP contribution in [-0.4, -0.2) is 14.1 Å². The second kappa shape index (κ2) is 5.93. The van der Waals surface area contributed by atoms with E-state index < -0.39 is 0 Å². The second-order valence-corrected chi connectivity index (χ2v) is 6.80. The predicted octanol–water partition coefficient (Wildman–Crippen LogP) is 4.27. The highest BCUT2D eigenvalue weighted by molar-refractivity contribution is 7.18. The number of hydrogen-bond donors (Lipinski definition) is 0. The van der Waals surface area contributed by atoms with Gasteiger partial charge in [-0.2, -0.15) is 4.57 Å². The lowest BCUT2D eigenvalue weighted by atomic mass is 10.1. The number of aryl methyl sites for hydroxylation is 2. The lowest BCUT2D eigenvalue weighted by Gasteiger charge is -2.15. The van der Waals surface area contributed by atoms with E-state index in [-0.39, 0.29) is 0 Å². The van der Waals surface area contributed by atoms with E-state index in [0.717, 1.165) is 0 Å². The van der Waals surface area contributed by atoms with Gasteiger partial charge in [-0.3, -0.25) is 0 Å². The van der Waals surface area contributed by atoms with Crippen molar-refractivity contribution in [3.8, 4) is 0 Å². The first-order valence-electron chi connectivity index (χ1n) is 7.40. The average molecular weight is 309 g/mol. The summed E-state index contributed by atoms with van der Waals surface area (Å²) in [5.74, 6) is 0. The van der Waals surface area contributed by atoms with Gasteiger partial charge in [0.25, 0.3) is 5.01 Å². The van der Waals surface area contributed by atoms with Crippen LogP contribution in [0.3, 0.4) is 0 Å². The summed E-state index contributed by atoms with van der Waals surface area (Å²) < 4.78 is 3.57. The molecule has 0 radical (unpaired) electrons. The van der Waals surface area contributed by atoms with Crippen molar-refractivity contribution in [3.63, 3.8) is 0 Å². The minimum absolute atomic E-state index is 1.24. The first-order valence-corrected chi connectivity index (χ1v) is 8.21. The van der Waals surface area contributed by atoms with E-state index in [4.69, 9.17) is 0 Å². The zero-order chi connectivity index (χ0) is 15.7. The first kappa shape index (κ1) is 14.8. The number of rotatable bonds is 3. The molecule has 0 N–H and O–H groups in total. The van der Waals surface area contributed by atoms with Crippen LogP contribution in [0.2, 0.25) is 0 Å². The van der Waals surface area contributed by atoms with Crippen LogP contribution in [0.15, 0.2) is 42.5 Å². The Morgan fingerprint density at radius 2 is 1.82 bits per heavy atom. The smallest absolute Gasteiger partial charge is 0.262 e. The Morgan fingerprint density at radius 1 is 1.05 bits per heavy atom. The fraction of sp³-hybridized carbons (Fsp3) is 0.211. The van der Waals surface area contributed by atoms with E-state index in [1.54, 1.807) is 0 Å². The standard InChI is InChI=1S/C19H21N2S/c1-14-13-15(9-11-16(14)20(2)3)10-12-19-21(4)17-7-5-6-8-18(17)22-19/h5-13H,1-4H3/q+1. The maximum Gasteiger partial charge on any atom is 0.262 e. The molecule has 1 aromatic heterocycles. The molecule has 2 aromatic carbocycles. The molecule has 0 spiro atoms. The Morgan fingerprint density at radius 3 is 2.50 bits per heavy atom. The van der Waals surface area contributed by atoms with Crippen LogP contribution in [0.25, 0.3) is 22.4 Å². The summed E-state index contributed by atoms with van der Waals surface area (Å²) in [6.07, 6.45) is 4.39. The quantitative estimate of drug-likeness (QED) is 0.655. The molecule has 112 valence electrons. The summed E-state index contributed by atoms with van der Waals surface area (Å²) >= 11 is 1.82. The molecule has 0 aliphatic rings. The maximum atomic E-state index is 2.25. The molecule has 3 rings (SSSR count). The molecule has 0 amide bonds. The minimum Gasteiger partial charge on any atom is -0.377 e. The molecule has 2 nitrogen and oxygen atoms in total. The molecule has 0 fully saturated rings. The molecule has 0 unspecified atom stereocenters. The Hall–Kier alpha value is -2.13. The van der Waals surface area contributed by atoms with Gasteiger partial charge in [0, 0.05) is 31.9 Å². The summed E-state index contributed by atoms with van der Waals surface area (Å²) in [6.45, 7) is 2.16. The monoisotopic (exact) mass is 309 g/mol. The number of benzene rings is 2. The van der Waals surface area contributed by atoms with Gasteiger partial charge in [0.1, 0.15) is 11.7 Å². The van der Waals surface area contributed by atoms with Gasteiger partial charge in [-0.15, -0.1) is 0 Å². The van der Waals surface area contributed by atoms with Crippen LogP contribution in [-0.2, 0) is 7.05 Å². The molecule has 0 saturated carbocycles. The van der Waals surface area contributed by atoms with Crippen molar-refractivity contribution >= 4 is 39.4 Å². The molecule has 0 bridgehead atoms. The highest BCUT2D eigenvalue weighted by Crippen LogP contribution is 2.23. The molecule has 1 heterocycles. The van der Waals surface area contributed by atoms with Crippen molar-refractivity contribution in [2.75, 3.05) is 19.0 Å². The van der Waals surface area contributed by atoms with Crippen LogP contribution in [0.4, 0.5) is 5.69 Å². The second-order valence-electron chi connectivity index (χ2n) is 5.74. The zero-order valence-corrected chi connectivity index (χ0v) is 14.3. The number of hydrogen-bond acceptors (Lipinski definition) is 2. The molecule has 22 heavy (non-hydrogen) atoms. The summed E-state index contributed by atoms with van der Waals surface area (Å²) in [7, 11) is 6.28. The van der Waals surface area contributed by atoms with Crippen LogP contribution >= 0.6 is 11.3 Å². The lowest BCUT2D eigenvalue weighted by Crippen LogP contribution is -2.28. The van der Waals surface area contributed by atoms with Gasteiger partial charge in [-0.1, -0.05) is 29.5 Å². The van der Waals surface area contributed by atoms with E-state index in [9.17, 15) is 0 Å². The van der Waals surface area contributed by atoms with E-state index in [0.29, 0.717) is 0 Å². The molecule has 0 atom stereocenters. The van der Waals surface area contributed by atoms with Crippen molar-refractivity contribution in [1.29, 1.82) is 0 Å². The third-order valence-corrected chi connectivity index (χ3v) is 5.08. The topological polar surface area (TPSA) is 7.12 Å². The Bertz CT molecular complexity index is 844. The first-order chi connectivity index (χ1) is 10.6. The molecule has 0 aliphatic heterocycles. The maximum absolute atomic E-state index is 2.25. The van der Waals surface area contributed by atoms with Crippen molar-refractivity contribution in [3.05, 3.63) is 58.6 Å². The van der Waals surface area contributed by atoms with Crippen molar-refractivity contribution in [2.24, 2.45) is 7.05 Å². The normalized spacial score (nSPS) is 11.5. The van der Waals surface area contributed by atoms with Crippen LogP contribution in [0.5, 0.6) is 0 Å². The van der Waals surface area contributed by atoms with Gasteiger partial charge < -0.3 is 4.90 Å². The van der Waals surface area contributed by atoms with Crippen LogP contribution in [0, 0.1) is 6.92 Å². The van der Waals surface area contributed by atoms with Crippen molar-refractivity contribution in [2.45, 2.75) is 6.92 Å². The largest absolute Gasteiger partial charge is 0.377 e. The zero-order valence-electron chi connectivity index (χ0n) is 13.5. The van der Waals surface area contributed by atoms with Gasteiger partial charge in [-0.25, -0.2) is 0 Å². The number of nitrogens with zero attached hydrogens (tertiary/aromatic N) is 2. The highest BCUT2D eigenvalue weighted by atomic mass is 32.1. The lowest BCUT2D eigenvalue weighted by molar-refractivity contribution is -0.642. The third-order valence-electron chi connectivity index (χ3n) is 3.89. The molecular weight excluding hydrogens is 288 g/mol. The summed E-state index contributed by atoms with van der Waals surface area (Å²) in [5.41, 5.74) is 5.09. The summed E-state index contributed by atoms with van der Waals surface area (Å²) in [6, 6.07) is 15.1. The average Bonchev–Trinajstić information content (AvgIpc) is 2.82. The number of thiazole rings is 1.